The molecule has 0 saturated carbocycles. The van der Waals surface area contributed by atoms with Crippen molar-refractivity contribution in [1.29, 1.82) is 0 Å². The van der Waals surface area contributed by atoms with Crippen molar-refractivity contribution in [2.75, 3.05) is 20.1 Å². The normalized spacial score (nSPS) is 16.6. The van der Waals surface area contributed by atoms with Gasteiger partial charge in [-0.2, -0.15) is 0 Å². The molecule has 0 atom stereocenters. The predicted octanol–water partition coefficient (Wildman–Crippen LogP) is -0.164. The maximum absolute atomic E-state index is 11.6. The molecule has 1 aliphatic rings. The molecule has 0 bridgehead atoms. The fourth-order valence-electron chi connectivity index (χ4n) is 1.97. The number of nitrogens with zero attached hydrogens (tertiary/aromatic N) is 1. The summed E-state index contributed by atoms with van der Waals surface area (Å²) >= 11 is 0. The van der Waals surface area contributed by atoms with Gasteiger partial charge in [-0.15, -0.1) is 0 Å². The van der Waals surface area contributed by atoms with Crippen LogP contribution in [0.15, 0.2) is 0 Å². The van der Waals surface area contributed by atoms with Crippen LogP contribution in [0, 0.1) is 5.92 Å². The molecule has 0 aromatic rings. The van der Waals surface area contributed by atoms with Gasteiger partial charge in [0, 0.05) is 32.5 Å². The summed E-state index contributed by atoms with van der Waals surface area (Å²) in [5.41, 5.74) is 0. The first-order valence-corrected chi connectivity index (χ1v) is 5.75. The fraction of sp³-hybridized carbons (Fsp3) is 0.727. The van der Waals surface area contributed by atoms with E-state index in [1.165, 1.54) is 0 Å². The Balaban J connectivity index is 2.33. The third-order valence-corrected chi connectivity index (χ3v) is 3.02. The number of carbonyl (C=O) groups is 3. The van der Waals surface area contributed by atoms with Gasteiger partial charge in [0.15, 0.2) is 0 Å². The van der Waals surface area contributed by atoms with Crippen LogP contribution in [0.5, 0.6) is 0 Å². The van der Waals surface area contributed by atoms with Crippen molar-refractivity contribution in [3.63, 3.8) is 0 Å². The molecule has 0 aromatic heterocycles. The van der Waals surface area contributed by atoms with Crippen LogP contribution in [0.3, 0.4) is 0 Å². The van der Waals surface area contributed by atoms with Crippen molar-refractivity contribution >= 4 is 17.8 Å². The molecule has 0 aromatic carbocycles. The van der Waals surface area contributed by atoms with E-state index in [0.29, 0.717) is 25.9 Å². The highest BCUT2D eigenvalue weighted by molar-refractivity contribution is 5.81. The predicted molar refractivity (Wildman–Crippen MR) is 60.2 cm³/mol. The highest BCUT2D eigenvalue weighted by Gasteiger charge is 2.26. The van der Waals surface area contributed by atoms with E-state index in [1.807, 2.05) is 0 Å². The van der Waals surface area contributed by atoms with Gasteiger partial charge < -0.3 is 15.3 Å². The average molecular weight is 242 g/mol. The molecule has 0 aliphatic carbocycles. The van der Waals surface area contributed by atoms with Crippen LogP contribution in [0.1, 0.15) is 25.7 Å². The Hall–Kier alpha value is -1.59. The number of carboxylic acids is 1. The van der Waals surface area contributed by atoms with Crippen molar-refractivity contribution in [3.05, 3.63) is 0 Å². The number of amides is 2. The Labute approximate surface area is 100.0 Å². The van der Waals surface area contributed by atoms with Crippen molar-refractivity contribution in [2.45, 2.75) is 25.7 Å². The lowest BCUT2D eigenvalue weighted by Gasteiger charge is -2.31. The van der Waals surface area contributed by atoms with Gasteiger partial charge in [0.2, 0.25) is 11.8 Å². The Morgan fingerprint density at radius 2 is 1.82 bits per heavy atom. The van der Waals surface area contributed by atoms with E-state index in [1.54, 1.807) is 11.9 Å². The second-order valence-corrected chi connectivity index (χ2v) is 4.16. The van der Waals surface area contributed by atoms with Gasteiger partial charge >= 0.3 is 5.97 Å². The van der Waals surface area contributed by atoms with Crippen molar-refractivity contribution in [1.82, 2.24) is 10.2 Å². The molecule has 6 nitrogen and oxygen atoms in total. The van der Waals surface area contributed by atoms with Crippen LogP contribution in [-0.4, -0.2) is 47.9 Å². The summed E-state index contributed by atoms with van der Waals surface area (Å²) < 4.78 is 0. The monoisotopic (exact) mass is 242 g/mol. The van der Waals surface area contributed by atoms with Crippen LogP contribution < -0.4 is 5.32 Å². The Morgan fingerprint density at radius 3 is 2.29 bits per heavy atom. The standard InChI is InChI=1S/C11H18N2O4/c1-12-11(17)8-4-6-13(7-5-8)9(14)2-3-10(15)16/h8H,2-7H2,1H3,(H,12,17)(H,15,16). The first kappa shape index (κ1) is 13.5. The third kappa shape index (κ3) is 4.05. The number of carbonyl (C=O) groups excluding carboxylic acids is 2. The molecule has 0 radical (unpaired) electrons. The van der Waals surface area contributed by atoms with Crippen LogP contribution >= 0.6 is 0 Å². The van der Waals surface area contributed by atoms with Gasteiger partial charge in [0.25, 0.3) is 0 Å². The fourth-order valence-corrected chi connectivity index (χ4v) is 1.97. The van der Waals surface area contributed by atoms with E-state index in [-0.39, 0.29) is 30.6 Å². The number of rotatable bonds is 4. The summed E-state index contributed by atoms with van der Waals surface area (Å²) in [7, 11) is 1.60. The number of hydrogen-bond donors (Lipinski definition) is 2. The molecule has 6 heteroatoms. The van der Waals surface area contributed by atoms with Crippen LogP contribution in [0.4, 0.5) is 0 Å². The molecule has 0 spiro atoms. The molecule has 2 amide bonds. The average Bonchev–Trinajstić information content (AvgIpc) is 2.35. The molecular weight excluding hydrogens is 224 g/mol. The second-order valence-electron chi connectivity index (χ2n) is 4.16. The summed E-state index contributed by atoms with van der Waals surface area (Å²) in [5.74, 6) is -1.10. The largest absolute Gasteiger partial charge is 0.481 e. The van der Waals surface area contributed by atoms with Crippen LogP contribution in [0.2, 0.25) is 0 Å². The van der Waals surface area contributed by atoms with E-state index in [0.717, 1.165) is 0 Å². The number of aliphatic carboxylic acids is 1. The number of piperidine rings is 1. The first-order valence-electron chi connectivity index (χ1n) is 5.75. The Morgan fingerprint density at radius 1 is 1.24 bits per heavy atom. The summed E-state index contributed by atoms with van der Waals surface area (Å²) in [4.78, 5) is 35.0. The van der Waals surface area contributed by atoms with Gasteiger partial charge in [-0.1, -0.05) is 0 Å². The molecule has 1 rings (SSSR count). The summed E-state index contributed by atoms with van der Waals surface area (Å²) in [6.45, 7) is 1.08. The molecular formula is C11H18N2O4. The smallest absolute Gasteiger partial charge is 0.303 e. The van der Waals surface area contributed by atoms with Gasteiger partial charge in [-0.25, -0.2) is 0 Å². The van der Waals surface area contributed by atoms with Crippen molar-refractivity contribution < 1.29 is 19.5 Å². The second kappa shape index (κ2) is 6.22. The molecule has 1 saturated heterocycles. The minimum absolute atomic E-state index is 0.0163. The molecule has 96 valence electrons. The quantitative estimate of drug-likeness (QED) is 0.717. The maximum atomic E-state index is 11.6. The van der Waals surface area contributed by atoms with Gasteiger partial charge in [0.05, 0.1) is 6.42 Å². The summed E-state index contributed by atoms with van der Waals surface area (Å²) in [6.07, 6.45) is 1.21. The Kier molecular flexibility index (Phi) is 4.93. The molecule has 1 heterocycles. The van der Waals surface area contributed by atoms with E-state index in [4.69, 9.17) is 5.11 Å². The number of nitrogens with one attached hydrogen (secondary N) is 1. The molecule has 1 aliphatic heterocycles. The lowest BCUT2D eigenvalue weighted by Crippen LogP contribution is -2.42. The number of hydrogen-bond acceptors (Lipinski definition) is 3. The van der Waals surface area contributed by atoms with E-state index < -0.39 is 5.97 Å². The SMILES string of the molecule is CNC(=O)C1CCN(C(=O)CCC(=O)O)CC1. The molecule has 17 heavy (non-hydrogen) atoms. The zero-order chi connectivity index (χ0) is 12.8. The highest BCUT2D eigenvalue weighted by Crippen LogP contribution is 2.18. The van der Waals surface area contributed by atoms with Gasteiger partial charge in [-0.3, -0.25) is 14.4 Å². The maximum Gasteiger partial charge on any atom is 0.303 e. The van der Waals surface area contributed by atoms with E-state index in [2.05, 4.69) is 5.32 Å². The number of carboxylic acid groups (broad SMARTS) is 1. The summed E-state index contributed by atoms with van der Waals surface area (Å²) in [6, 6.07) is 0. The topological polar surface area (TPSA) is 86.7 Å². The highest BCUT2D eigenvalue weighted by atomic mass is 16.4. The van der Waals surface area contributed by atoms with Gasteiger partial charge in [0.1, 0.15) is 0 Å². The lowest BCUT2D eigenvalue weighted by atomic mass is 9.96. The van der Waals surface area contributed by atoms with Crippen molar-refractivity contribution in [2.24, 2.45) is 5.92 Å². The zero-order valence-electron chi connectivity index (χ0n) is 9.94. The lowest BCUT2D eigenvalue weighted by molar-refractivity contribution is -0.141. The van der Waals surface area contributed by atoms with E-state index >= 15 is 0 Å². The number of likely N-dealkylation sites (tertiary alicyclic amines) is 1. The molecule has 0 unspecified atom stereocenters. The molecule has 1 fully saturated rings. The van der Waals surface area contributed by atoms with Crippen LogP contribution in [0.25, 0.3) is 0 Å². The minimum atomic E-state index is -0.960. The summed E-state index contributed by atoms with van der Waals surface area (Å²) in [5, 5.41) is 11.1. The van der Waals surface area contributed by atoms with Gasteiger partial charge in [-0.05, 0) is 12.8 Å². The van der Waals surface area contributed by atoms with E-state index in [9.17, 15) is 14.4 Å². The molecule has 2 N–H and O–H groups in total. The first-order chi connectivity index (χ1) is 8.04. The van der Waals surface area contributed by atoms with Crippen molar-refractivity contribution in [3.8, 4) is 0 Å². The van der Waals surface area contributed by atoms with Crippen LogP contribution in [-0.2, 0) is 14.4 Å². The Bertz CT molecular complexity index is 309. The minimum Gasteiger partial charge on any atom is -0.481 e. The third-order valence-electron chi connectivity index (χ3n) is 3.02. The zero-order valence-corrected chi connectivity index (χ0v) is 9.94.